The van der Waals surface area contributed by atoms with Crippen LogP contribution in [0.5, 0.6) is 5.75 Å². The summed E-state index contributed by atoms with van der Waals surface area (Å²) in [5.41, 5.74) is 2.72. The normalized spacial score (nSPS) is 11.5. The SMILES string of the molecule is CN(C)CCOc1ccccc1Cn1cnc2ccc(C(=O)NCCCCCC(O)O)nc21. The number of amides is 1. The Balaban J connectivity index is 1.64. The van der Waals surface area contributed by atoms with E-state index in [1.54, 1.807) is 18.5 Å². The van der Waals surface area contributed by atoms with Gasteiger partial charge in [0.2, 0.25) is 0 Å². The van der Waals surface area contributed by atoms with Crippen LogP contribution in [0.15, 0.2) is 42.7 Å². The zero-order chi connectivity index (χ0) is 23.6. The fourth-order valence-electron chi connectivity index (χ4n) is 3.40. The van der Waals surface area contributed by atoms with Gasteiger partial charge in [0.15, 0.2) is 11.9 Å². The maximum atomic E-state index is 12.5. The van der Waals surface area contributed by atoms with E-state index in [4.69, 9.17) is 14.9 Å². The quantitative estimate of drug-likeness (QED) is 0.267. The molecule has 9 nitrogen and oxygen atoms in total. The molecule has 178 valence electrons. The number of rotatable bonds is 13. The molecule has 0 fully saturated rings. The van der Waals surface area contributed by atoms with Crippen LogP contribution < -0.4 is 10.1 Å². The minimum absolute atomic E-state index is 0.237. The van der Waals surface area contributed by atoms with Gasteiger partial charge in [0.05, 0.1) is 12.9 Å². The number of imidazole rings is 1. The highest BCUT2D eigenvalue weighted by atomic mass is 16.5. The molecule has 0 spiro atoms. The molecule has 0 atom stereocenters. The second-order valence-corrected chi connectivity index (χ2v) is 8.26. The number of fused-ring (bicyclic) bond motifs is 1. The molecule has 1 amide bonds. The molecule has 0 saturated heterocycles. The van der Waals surface area contributed by atoms with Gasteiger partial charge in [0.1, 0.15) is 23.6 Å². The van der Waals surface area contributed by atoms with Crippen molar-refractivity contribution in [2.45, 2.75) is 38.5 Å². The predicted octanol–water partition coefficient (Wildman–Crippen LogP) is 2.02. The Labute approximate surface area is 194 Å². The molecule has 0 aliphatic rings. The van der Waals surface area contributed by atoms with Crippen molar-refractivity contribution in [2.75, 3.05) is 33.8 Å². The molecule has 1 aromatic carbocycles. The number of hydrogen-bond donors (Lipinski definition) is 3. The van der Waals surface area contributed by atoms with Gasteiger partial charge in [-0.05, 0) is 51.6 Å². The molecule has 3 aromatic rings. The van der Waals surface area contributed by atoms with Gasteiger partial charge in [-0.2, -0.15) is 0 Å². The van der Waals surface area contributed by atoms with Gasteiger partial charge in [-0.25, -0.2) is 9.97 Å². The lowest BCUT2D eigenvalue weighted by atomic mass is 10.2. The van der Waals surface area contributed by atoms with Crippen molar-refractivity contribution in [1.29, 1.82) is 0 Å². The standard InChI is InChI=1S/C24H33N5O4/c1-28(2)14-15-33-21-9-6-5-8-18(21)16-29-17-26-19-11-12-20(27-23(19)29)24(32)25-13-7-3-4-10-22(30)31/h5-6,8-9,11-12,17,22,30-31H,3-4,7,10,13-16H2,1-2H3,(H,25,32). The molecule has 0 aliphatic heterocycles. The van der Waals surface area contributed by atoms with E-state index in [9.17, 15) is 4.79 Å². The molecule has 33 heavy (non-hydrogen) atoms. The molecule has 0 radical (unpaired) electrons. The third kappa shape index (κ3) is 7.52. The summed E-state index contributed by atoms with van der Waals surface area (Å²) in [6.07, 6.45) is 3.09. The monoisotopic (exact) mass is 455 g/mol. The van der Waals surface area contributed by atoms with Crippen molar-refractivity contribution < 1.29 is 19.7 Å². The van der Waals surface area contributed by atoms with Crippen LogP contribution in [0.25, 0.3) is 11.2 Å². The summed E-state index contributed by atoms with van der Waals surface area (Å²) in [7, 11) is 4.02. The first kappa shape index (κ1) is 24.6. The molecular formula is C24H33N5O4. The van der Waals surface area contributed by atoms with Crippen LogP contribution in [0, 0.1) is 0 Å². The molecule has 0 aliphatic carbocycles. The van der Waals surface area contributed by atoms with Gasteiger partial charge >= 0.3 is 0 Å². The van der Waals surface area contributed by atoms with Crippen LogP contribution >= 0.6 is 0 Å². The largest absolute Gasteiger partial charge is 0.492 e. The van der Waals surface area contributed by atoms with E-state index < -0.39 is 6.29 Å². The van der Waals surface area contributed by atoms with Crippen molar-refractivity contribution in [3.8, 4) is 5.75 Å². The third-order valence-corrected chi connectivity index (χ3v) is 5.23. The highest BCUT2D eigenvalue weighted by Crippen LogP contribution is 2.21. The molecular weight excluding hydrogens is 422 g/mol. The second kappa shape index (κ2) is 12.3. The Morgan fingerprint density at radius 1 is 1.15 bits per heavy atom. The van der Waals surface area contributed by atoms with Crippen LogP contribution in [0.1, 0.15) is 41.7 Å². The van der Waals surface area contributed by atoms with Gasteiger partial charge in [-0.15, -0.1) is 0 Å². The van der Waals surface area contributed by atoms with Crippen molar-refractivity contribution >= 4 is 17.1 Å². The first-order chi connectivity index (χ1) is 15.9. The van der Waals surface area contributed by atoms with Gasteiger partial charge in [0.25, 0.3) is 5.91 Å². The number of hydrogen-bond acceptors (Lipinski definition) is 7. The maximum absolute atomic E-state index is 12.5. The average molecular weight is 456 g/mol. The summed E-state index contributed by atoms with van der Waals surface area (Å²) in [5, 5.41) is 20.6. The first-order valence-corrected chi connectivity index (χ1v) is 11.3. The highest BCUT2D eigenvalue weighted by molar-refractivity contribution is 5.94. The van der Waals surface area contributed by atoms with E-state index in [-0.39, 0.29) is 5.91 Å². The topological polar surface area (TPSA) is 113 Å². The lowest BCUT2D eigenvalue weighted by Gasteiger charge is -2.14. The Hall–Kier alpha value is -3.01. The van der Waals surface area contributed by atoms with Crippen LogP contribution in [0.2, 0.25) is 0 Å². The predicted molar refractivity (Wildman–Crippen MR) is 126 cm³/mol. The van der Waals surface area contributed by atoms with Crippen molar-refractivity contribution in [3.05, 3.63) is 54.0 Å². The van der Waals surface area contributed by atoms with E-state index in [2.05, 4.69) is 20.2 Å². The fourth-order valence-corrected chi connectivity index (χ4v) is 3.40. The number of aliphatic hydroxyl groups is 2. The van der Waals surface area contributed by atoms with Crippen molar-refractivity contribution in [1.82, 2.24) is 24.8 Å². The minimum atomic E-state index is -1.27. The number of unbranched alkanes of at least 4 members (excludes halogenated alkanes) is 2. The average Bonchev–Trinajstić information content (AvgIpc) is 3.18. The maximum Gasteiger partial charge on any atom is 0.269 e. The molecule has 0 unspecified atom stereocenters. The molecule has 3 rings (SSSR count). The van der Waals surface area contributed by atoms with Gasteiger partial charge in [-0.1, -0.05) is 24.6 Å². The molecule has 9 heteroatoms. The Bertz CT molecular complexity index is 1030. The summed E-state index contributed by atoms with van der Waals surface area (Å²) in [6, 6.07) is 11.4. The zero-order valence-corrected chi connectivity index (χ0v) is 19.3. The number of pyridine rings is 1. The molecule has 0 saturated carbocycles. The van der Waals surface area contributed by atoms with E-state index in [1.165, 1.54) is 0 Å². The van der Waals surface area contributed by atoms with E-state index in [0.29, 0.717) is 43.9 Å². The zero-order valence-electron chi connectivity index (χ0n) is 19.3. The summed E-state index contributed by atoms with van der Waals surface area (Å²) in [6.45, 7) is 2.46. The van der Waals surface area contributed by atoms with Crippen LogP contribution in [0.4, 0.5) is 0 Å². The molecule has 0 bridgehead atoms. The number of benzene rings is 1. The number of aliphatic hydroxyl groups excluding tert-OH is 1. The lowest BCUT2D eigenvalue weighted by molar-refractivity contribution is -0.0465. The smallest absolute Gasteiger partial charge is 0.269 e. The third-order valence-electron chi connectivity index (χ3n) is 5.23. The first-order valence-electron chi connectivity index (χ1n) is 11.3. The molecule has 2 aromatic heterocycles. The Morgan fingerprint density at radius 3 is 2.76 bits per heavy atom. The fraction of sp³-hybridized carbons (Fsp3) is 0.458. The summed E-state index contributed by atoms with van der Waals surface area (Å²) in [4.78, 5) is 23.6. The lowest BCUT2D eigenvalue weighted by Crippen LogP contribution is -2.25. The number of carbonyl (C=O) groups excluding carboxylic acids is 1. The van der Waals surface area contributed by atoms with Crippen LogP contribution in [-0.4, -0.2) is 75.6 Å². The van der Waals surface area contributed by atoms with E-state index >= 15 is 0 Å². The van der Waals surface area contributed by atoms with Gasteiger partial charge in [-0.3, -0.25) is 4.79 Å². The van der Waals surface area contributed by atoms with Crippen molar-refractivity contribution in [3.63, 3.8) is 0 Å². The number of para-hydroxylation sites is 1. The second-order valence-electron chi connectivity index (χ2n) is 8.26. The van der Waals surface area contributed by atoms with Crippen molar-refractivity contribution in [2.24, 2.45) is 0 Å². The number of carbonyl (C=O) groups is 1. The summed E-state index contributed by atoms with van der Waals surface area (Å²) < 4.78 is 7.89. The number of likely N-dealkylation sites (N-methyl/N-ethyl adjacent to an activating group) is 1. The molecule has 2 heterocycles. The summed E-state index contributed by atoms with van der Waals surface area (Å²) in [5.74, 6) is 0.586. The molecule has 3 N–H and O–H groups in total. The minimum Gasteiger partial charge on any atom is -0.492 e. The number of nitrogens with one attached hydrogen (secondary N) is 1. The summed E-state index contributed by atoms with van der Waals surface area (Å²) >= 11 is 0. The van der Waals surface area contributed by atoms with Gasteiger partial charge in [0, 0.05) is 18.7 Å². The van der Waals surface area contributed by atoms with Gasteiger partial charge < -0.3 is 29.7 Å². The van der Waals surface area contributed by atoms with E-state index in [0.717, 1.165) is 36.2 Å². The Kier molecular flexibility index (Phi) is 9.17. The Morgan fingerprint density at radius 2 is 1.97 bits per heavy atom. The number of ether oxygens (including phenoxy) is 1. The number of nitrogens with zero attached hydrogens (tertiary/aromatic N) is 4. The highest BCUT2D eigenvalue weighted by Gasteiger charge is 2.13. The number of aromatic nitrogens is 3. The van der Waals surface area contributed by atoms with E-state index in [1.807, 2.05) is 42.9 Å². The van der Waals surface area contributed by atoms with Crippen LogP contribution in [0.3, 0.4) is 0 Å². The van der Waals surface area contributed by atoms with Crippen LogP contribution in [-0.2, 0) is 6.54 Å².